The van der Waals surface area contributed by atoms with E-state index in [9.17, 15) is 8.42 Å². The lowest BCUT2D eigenvalue weighted by Gasteiger charge is -2.26. The molecule has 12 nitrogen and oxygen atoms in total. The van der Waals surface area contributed by atoms with Crippen molar-refractivity contribution < 1.29 is 17.9 Å². The van der Waals surface area contributed by atoms with Crippen molar-refractivity contribution >= 4 is 33.1 Å². The summed E-state index contributed by atoms with van der Waals surface area (Å²) in [6, 6.07) is 9.22. The van der Waals surface area contributed by atoms with Gasteiger partial charge in [-0.05, 0) is 44.9 Å². The number of nitrogens with zero attached hydrogens (tertiary/aromatic N) is 5. The van der Waals surface area contributed by atoms with Crippen LogP contribution in [-0.2, 0) is 14.8 Å². The van der Waals surface area contributed by atoms with E-state index in [1.165, 1.54) is 0 Å². The van der Waals surface area contributed by atoms with Crippen LogP contribution in [0.1, 0.15) is 24.2 Å². The summed E-state index contributed by atoms with van der Waals surface area (Å²) in [6.07, 6.45) is 3.23. The highest BCUT2D eigenvalue weighted by molar-refractivity contribution is 7.93. The average molecular weight is 553 g/mol. The van der Waals surface area contributed by atoms with Crippen molar-refractivity contribution in [2.24, 2.45) is 0 Å². The summed E-state index contributed by atoms with van der Waals surface area (Å²) in [6.45, 7) is 8.16. The minimum atomic E-state index is -3.50. The van der Waals surface area contributed by atoms with E-state index in [1.807, 2.05) is 42.6 Å². The van der Waals surface area contributed by atoms with Gasteiger partial charge in [0.15, 0.2) is 5.82 Å². The van der Waals surface area contributed by atoms with Crippen LogP contribution in [0.3, 0.4) is 0 Å². The van der Waals surface area contributed by atoms with Crippen molar-refractivity contribution in [1.29, 1.82) is 0 Å². The van der Waals surface area contributed by atoms with Crippen LogP contribution in [0, 0.1) is 13.8 Å². The molecular formula is C26H32N8O4S. The van der Waals surface area contributed by atoms with Crippen molar-refractivity contribution in [3.05, 3.63) is 47.9 Å². The Morgan fingerprint density at radius 2 is 1.95 bits per heavy atom. The standard InChI is InChI=1S/C26H32N8O4S/c1-17-13-24(31-30-17)29-26-28-21(15-25-27-18(2)16-34(25)26)19-3-6-23(38-12-9-33-7-10-37-11-8-33)22(14-19)32-39(35,36)20-4-5-20/h3,6,13-16,20,32H,4-5,7-12H2,1-2H3,(H2,28,29,30,31). The minimum absolute atomic E-state index is 0.363. The fourth-order valence-corrected chi connectivity index (χ4v) is 5.95. The van der Waals surface area contributed by atoms with Crippen LogP contribution in [-0.4, -0.2) is 82.6 Å². The van der Waals surface area contributed by atoms with Crippen molar-refractivity contribution in [3.8, 4) is 17.0 Å². The number of rotatable bonds is 10. The van der Waals surface area contributed by atoms with Gasteiger partial charge in [-0.3, -0.25) is 19.1 Å². The number of hydrogen-bond donors (Lipinski definition) is 3. The summed E-state index contributed by atoms with van der Waals surface area (Å²) in [5.74, 6) is 1.66. The van der Waals surface area contributed by atoms with E-state index in [2.05, 4.69) is 30.1 Å². The Morgan fingerprint density at radius 3 is 2.69 bits per heavy atom. The van der Waals surface area contributed by atoms with Gasteiger partial charge in [-0.25, -0.2) is 18.4 Å². The van der Waals surface area contributed by atoms with Gasteiger partial charge in [0.05, 0.1) is 35.5 Å². The molecule has 13 heteroatoms. The van der Waals surface area contributed by atoms with Crippen molar-refractivity contribution in [1.82, 2.24) is 29.5 Å². The number of aromatic amines is 1. The van der Waals surface area contributed by atoms with Crippen LogP contribution in [0.25, 0.3) is 16.9 Å². The van der Waals surface area contributed by atoms with Gasteiger partial charge in [0.25, 0.3) is 0 Å². The molecule has 0 radical (unpaired) electrons. The lowest BCUT2D eigenvalue weighted by molar-refractivity contribution is 0.0323. The van der Waals surface area contributed by atoms with E-state index in [0.717, 1.165) is 36.6 Å². The normalized spacial score (nSPS) is 16.5. The Hall–Kier alpha value is -3.68. The quantitative estimate of drug-likeness (QED) is 0.271. The van der Waals surface area contributed by atoms with Crippen molar-refractivity contribution in [2.75, 3.05) is 49.5 Å². The third kappa shape index (κ3) is 5.84. The first-order valence-electron chi connectivity index (χ1n) is 13.1. The fourth-order valence-electron chi connectivity index (χ4n) is 4.56. The summed E-state index contributed by atoms with van der Waals surface area (Å²) in [7, 11) is -3.50. The Bertz CT molecular complexity index is 1590. The molecule has 1 aliphatic heterocycles. The zero-order valence-corrected chi connectivity index (χ0v) is 22.8. The van der Waals surface area contributed by atoms with Crippen LogP contribution in [0.2, 0.25) is 0 Å². The predicted molar refractivity (Wildman–Crippen MR) is 148 cm³/mol. The zero-order valence-electron chi connectivity index (χ0n) is 22.0. The largest absolute Gasteiger partial charge is 0.490 e. The maximum atomic E-state index is 12.9. The van der Waals surface area contributed by atoms with Gasteiger partial charge in [0.1, 0.15) is 18.0 Å². The Morgan fingerprint density at radius 1 is 1.13 bits per heavy atom. The molecule has 0 spiro atoms. The molecule has 1 saturated heterocycles. The first kappa shape index (κ1) is 25.6. The molecule has 3 N–H and O–H groups in total. The van der Waals surface area contributed by atoms with E-state index in [-0.39, 0.29) is 5.25 Å². The summed E-state index contributed by atoms with van der Waals surface area (Å²) >= 11 is 0. The summed E-state index contributed by atoms with van der Waals surface area (Å²) in [4.78, 5) is 11.7. The molecule has 0 amide bonds. The van der Waals surface area contributed by atoms with Gasteiger partial charge in [-0.15, -0.1) is 0 Å². The highest BCUT2D eigenvalue weighted by Gasteiger charge is 2.36. The maximum Gasteiger partial charge on any atom is 0.235 e. The fraction of sp³-hybridized carbons (Fsp3) is 0.423. The lowest BCUT2D eigenvalue weighted by atomic mass is 10.1. The average Bonchev–Trinajstić information content (AvgIpc) is 3.60. The van der Waals surface area contributed by atoms with E-state index in [4.69, 9.17) is 14.5 Å². The third-order valence-electron chi connectivity index (χ3n) is 6.78. The molecule has 206 valence electrons. The number of aryl methyl sites for hydroxylation is 2. The van der Waals surface area contributed by atoms with Gasteiger partial charge in [0.2, 0.25) is 16.0 Å². The maximum absolute atomic E-state index is 12.9. The minimum Gasteiger partial charge on any atom is -0.490 e. The molecule has 1 aliphatic carbocycles. The highest BCUT2D eigenvalue weighted by Crippen LogP contribution is 2.36. The second-order valence-electron chi connectivity index (χ2n) is 10.00. The number of nitrogens with one attached hydrogen (secondary N) is 3. The lowest BCUT2D eigenvalue weighted by Crippen LogP contribution is -2.38. The van der Waals surface area contributed by atoms with E-state index in [1.54, 1.807) is 12.1 Å². The number of morpholine rings is 1. The first-order chi connectivity index (χ1) is 18.8. The second-order valence-corrected chi connectivity index (χ2v) is 12.0. The molecule has 39 heavy (non-hydrogen) atoms. The number of aromatic nitrogens is 5. The molecule has 1 aromatic carbocycles. The molecule has 2 aliphatic rings. The van der Waals surface area contributed by atoms with E-state index < -0.39 is 10.0 Å². The molecule has 4 aromatic rings. The van der Waals surface area contributed by atoms with Crippen molar-refractivity contribution in [2.45, 2.75) is 31.9 Å². The number of anilines is 3. The van der Waals surface area contributed by atoms with E-state index in [0.29, 0.717) is 67.2 Å². The number of H-pyrrole nitrogens is 1. The summed E-state index contributed by atoms with van der Waals surface area (Å²) in [5.41, 5.74) is 4.24. The SMILES string of the molecule is Cc1cn2c(Nc3cc(C)[nH]n3)nc(-c3ccc(OCCN4CCOCC4)c(NS(=O)(=O)C4CC4)c3)cc2n1. The van der Waals surface area contributed by atoms with Crippen LogP contribution >= 0.6 is 0 Å². The van der Waals surface area contributed by atoms with Gasteiger partial charge >= 0.3 is 0 Å². The second kappa shape index (κ2) is 10.5. The highest BCUT2D eigenvalue weighted by atomic mass is 32.2. The molecule has 4 heterocycles. The van der Waals surface area contributed by atoms with Gasteiger partial charge in [0, 0.05) is 49.2 Å². The molecule has 3 aromatic heterocycles. The smallest absolute Gasteiger partial charge is 0.235 e. The molecule has 6 rings (SSSR count). The van der Waals surface area contributed by atoms with Gasteiger partial charge in [-0.1, -0.05) is 0 Å². The number of ether oxygens (including phenoxy) is 2. The summed E-state index contributed by atoms with van der Waals surface area (Å²) < 4.78 is 41.9. The first-order valence-corrected chi connectivity index (χ1v) is 14.6. The number of hydrogen-bond acceptors (Lipinski definition) is 9. The zero-order chi connectivity index (χ0) is 27.0. The Labute approximate surface area is 226 Å². The van der Waals surface area contributed by atoms with Crippen LogP contribution in [0.5, 0.6) is 5.75 Å². The third-order valence-corrected chi connectivity index (χ3v) is 8.63. The van der Waals surface area contributed by atoms with Crippen molar-refractivity contribution in [3.63, 3.8) is 0 Å². The van der Waals surface area contributed by atoms with E-state index >= 15 is 0 Å². The molecular weight excluding hydrogens is 520 g/mol. The number of fused-ring (bicyclic) bond motifs is 1. The predicted octanol–water partition coefficient (Wildman–Crippen LogP) is 3.09. The monoisotopic (exact) mass is 552 g/mol. The number of sulfonamides is 1. The molecule has 0 bridgehead atoms. The summed E-state index contributed by atoms with van der Waals surface area (Å²) in [5, 5.41) is 10.1. The topological polar surface area (TPSA) is 139 Å². The molecule has 0 unspecified atom stereocenters. The van der Waals surface area contributed by atoms with Gasteiger partial charge in [-0.2, -0.15) is 5.10 Å². The molecule has 0 atom stereocenters. The Kier molecular flexibility index (Phi) is 6.87. The van der Waals surface area contributed by atoms with Crippen LogP contribution < -0.4 is 14.8 Å². The number of benzene rings is 1. The van der Waals surface area contributed by atoms with Crippen LogP contribution in [0.4, 0.5) is 17.5 Å². The molecule has 2 fully saturated rings. The molecule has 1 saturated carbocycles. The number of imidazole rings is 1. The van der Waals surface area contributed by atoms with Crippen LogP contribution in [0.15, 0.2) is 36.5 Å². The van der Waals surface area contributed by atoms with Gasteiger partial charge < -0.3 is 14.8 Å². The Balaban J connectivity index is 1.32.